The molecule has 0 unspecified atom stereocenters. The average Bonchev–Trinajstić information content (AvgIpc) is 2.74. The molecule has 0 N–H and O–H groups in total. The third-order valence-corrected chi connectivity index (χ3v) is 6.44. The van der Waals surface area contributed by atoms with E-state index in [0.29, 0.717) is 0 Å². The van der Waals surface area contributed by atoms with Crippen molar-refractivity contribution >= 4 is 32.4 Å². The van der Waals surface area contributed by atoms with E-state index >= 15 is 0 Å². The van der Waals surface area contributed by atoms with Crippen LogP contribution in [0, 0.1) is 23.3 Å². The van der Waals surface area contributed by atoms with Crippen LogP contribution in [0.3, 0.4) is 0 Å². The SMILES string of the molecule is CCC(=O)O[Si](CCCN(F)c1cc(F)c(F)c(F)c1F)(OC(=O)CC)OC(=O)CC. The summed E-state index contributed by atoms with van der Waals surface area (Å²) in [6, 6.07) is -0.311. The van der Waals surface area contributed by atoms with Gasteiger partial charge in [-0.3, -0.25) is 14.4 Å². The smallest absolute Gasteiger partial charge is 0.455 e. The van der Waals surface area contributed by atoms with Gasteiger partial charge in [0.1, 0.15) is 5.69 Å². The summed E-state index contributed by atoms with van der Waals surface area (Å²) in [7, 11) is -4.30. The minimum atomic E-state index is -4.30. The van der Waals surface area contributed by atoms with E-state index in [9.17, 15) is 36.4 Å². The van der Waals surface area contributed by atoms with Crippen LogP contribution in [0.15, 0.2) is 6.07 Å². The third-order valence-electron chi connectivity index (χ3n) is 3.86. The van der Waals surface area contributed by atoms with Crippen LogP contribution in [0.2, 0.25) is 6.04 Å². The van der Waals surface area contributed by atoms with E-state index in [1.165, 1.54) is 20.8 Å². The first kappa shape index (κ1) is 26.3. The van der Waals surface area contributed by atoms with Crippen molar-refractivity contribution in [1.29, 1.82) is 0 Å². The van der Waals surface area contributed by atoms with Gasteiger partial charge in [0.15, 0.2) is 23.3 Å². The zero-order valence-corrected chi connectivity index (χ0v) is 18.1. The van der Waals surface area contributed by atoms with Crippen molar-refractivity contribution in [2.45, 2.75) is 52.5 Å². The molecular weight excluding hydrogens is 449 g/mol. The van der Waals surface area contributed by atoms with Gasteiger partial charge in [0, 0.05) is 25.3 Å². The maximum Gasteiger partial charge on any atom is 0.705 e. The average molecular weight is 471 g/mol. The second-order valence-electron chi connectivity index (χ2n) is 6.17. The van der Waals surface area contributed by atoms with Gasteiger partial charge in [-0.1, -0.05) is 25.3 Å². The number of rotatable bonds is 11. The first-order valence-corrected chi connectivity index (χ1v) is 11.3. The highest BCUT2D eigenvalue weighted by Gasteiger charge is 2.52. The molecule has 0 heterocycles. The number of anilines is 1. The molecule has 31 heavy (non-hydrogen) atoms. The summed E-state index contributed by atoms with van der Waals surface area (Å²) in [5.74, 6) is -10.6. The Morgan fingerprint density at radius 3 is 1.71 bits per heavy atom. The standard InChI is InChI=1S/C18H22F5NO6Si/c1-4-13(25)28-31(29-14(26)5-2,30-15(27)6-3)9-7-8-24(23)12-10-11(19)16(20)18(22)17(12)21/h10H,4-9H2,1-3H3. The highest BCUT2D eigenvalue weighted by Crippen LogP contribution is 2.28. The van der Waals surface area contributed by atoms with Crippen LogP contribution in [0.1, 0.15) is 46.5 Å². The molecule has 0 aliphatic carbocycles. The van der Waals surface area contributed by atoms with Crippen molar-refractivity contribution in [3.05, 3.63) is 29.3 Å². The molecule has 1 aromatic rings. The van der Waals surface area contributed by atoms with Crippen molar-refractivity contribution in [2.75, 3.05) is 11.7 Å². The fourth-order valence-corrected chi connectivity index (χ4v) is 4.74. The van der Waals surface area contributed by atoms with Crippen LogP contribution >= 0.6 is 0 Å². The van der Waals surface area contributed by atoms with E-state index in [-0.39, 0.29) is 31.7 Å². The van der Waals surface area contributed by atoms with Crippen molar-refractivity contribution in [1.82, 2.24) is 0 Å². The summed E-state index contributed by atoms with van der Waals surface area (Å²) in [6.45, 7) is 3.57. The van der Waals surface area contributed by atoms with Crippen molar-refractivity contribution in [3.63, 3.8) is 0 Å². The van der Waals surface area contributed by atoms with Gasteiger partial charge in [-0.2, -0.15) is 0 Å². The molecule has 0 saturated carbocycles. The van der Waals surface area contributed by atoms with E-state index in [4.69, 9.17) is 13.3 Å². The Balaban J connectivity index is 3.07. The van der Waals surface area contributed by atoms with Gasteiger partial charge in [-0.25, -0.2) is 22.7 Å². The summed E-state index contributed by atoms with van der Waals surface area (Å²) in [5, 5.41) is -0.398. The summed E-state index contributed by atoms with van der Waals surface area (Å²) in [4.78, 5) is 35.4. The Morgan fingerprint density at radius 2 is 1.29 bits per heavy atom. The number of carbonyl (C=O) groups is 3. The first-order valence-electron chi connectivity index (χ1n) is 9.41. The van der Waals surface area contributed by atoms with Crippen LogP contribution in [0.4, 0.5) is 27.7 Å². The Morgan fingerprint density at radius 1 is 0.839 bits per heavy atom. The normalized spacial score (nSPS) is 11.1. The van der Waals surface area contributed by atoms with Gasteiger partial charge in [0.05, 0.1) is 12.6 Å². The van der Waals surface area contributed by atoms with Crippen molar-refractivity contribution in [3.8, 4) is 0 Å². The molecular formula is C18H22F5NO6Si. The number of carbonyl (C=O) groups excluding carboxylic acids is 3. The molecule has 0 atom stereocenters. The zero-order valence-electron chi connectivity index (χ0n) is 17.1. The van der Waals surface area contributed by atoms with Gasteiger partial charge in [0.2, 0.25) is 0 Å². The number of halogens is 5. The topological polar surface area (TPSA) is 82.1 Å². The fraction of sp³-hybridized carbons (Fsp3) is 0.500. The molecule has 0 radical (unpaired) electrons. The maximum atomic E-state index is 14.3. The lowest BCUT2D eigenvalue weighted by molar-refractivity contribution is -0.150. The molecule has 0 fully saturated rings. The largest absolute Gasteiger partial charge is 0.705 e. The lowest BCUT2D eigenvalue weighted by Crippen LogP contribution is -2.50. The van der Waals surface area contributed by atoms with Gasteiger partial charge < -0.3 is 13.3 Å². The van der Waals surface area contributed by atoms with Crippen molar-refractivity contribution in [2.24, 2.45) is 0 Å². The molecule has 0 aliphatic rings. The van der Waals surface area contributed by atoms with Crippen LogP contribution in [0.25, 0.3) is 0 Å². The lowest BCUT2D eigenvalue weighted by Gasteiger charge is -2.27. The number of hydrogen-bond acceptors (Lipinski definition) is 7. The van der Waals surface area contributed by atoms with Gasteiger partial charge in [0.25, 0.3) is 17.9 Å². The first-order chi connectivity index (χ1) is 14.5. The molecule has 1 aromatic carbocycles. The zero-order chi connectivity index (χ0) is 23.8. The predicted molar refractivity (Wildman–Crippen MR) is 99.1 cm³/mol. The summed E-state index contributed by atoms with van der Waals surface area (Å²) in [5.41, 5.74) is -1.20. The molecule has 0 spiro atoms. The highest BCUT2D eigenvalue weighted by molar-refractivity contribution is 6.65. The van der Waals surface area contributed by atoms with E-state index in [1.54, 1.807) is 0 Å². The Labute approximate surface area is 176 Å². The molecule has 0 aliphatic heterocycles. The van der Waals surface area contributed by atoms with Crippen LogP contribution in [0.5, 0.6) is 0 Å². The highest BCUT2D eigenvalue weighted by atomic mass is 28.4. The monoisotopic (exact) mass is 471 g/mol. The second kappa shape index (κ2) is 11.6. The summed E-state index contributed by atoms with van der Waals surface area (Å²) < 4.78 is 83.1. The predicted octanol–water partition coefficient (Wildman–Crippen LogP) is 4.12. The van der Waals surface area contributed by atoms with Crippen LogP contribution < -0.4 is 5.12 Å². The van der Waals surface area contributed by atoms with Crippen LogP contribution in [-0.4, -0.2) is 33.3 Å². The molecule has 0 bridgehead atoms. The Kier molecular flexibility index (Phi) is 9.87. The number of hydrogen-bond donors (Lipinski definition) is 0. The lowest BCUT2D eigenvalue weighted by atomic mass is 10.2. The molecule has 7 nitrogen and oxygen atoms in total. The molecule has 13 heteroatoms. The van der Waals surface area contributed by atoms with E-state index in [2.05, 4.69) is 0 Å². The van der Waals surface area contributed by atoms with E-state index in [1.807, 2.05) is 0 Å². The van der Waals surface area contributed by atoms with Gasteiger partial charge in [-0.15, -0.1) is 0 Å². The van der Waals surface area contributed by atoms with E-state index < -0.39 is 73.4 Å². The Bertz CT molecular complexity index is 780. The third kappa shape index (κ3) is 7.19. The van der Waals surface area contributed by atoms with Crippen molar-refractivity contribution < 1.29 is 49.7 Å². The second-order valence-corrected chi connectivity index (χ2v) is 8.65. The Hall–Kier alpha value is -2.70. The van der Waals surface area contributed by atoms with Gasteiger partial charge in [-0.05, 0) is 6.42 Å². The minimum absolute atomic E-state index is 0.129. The fourth-order valence-electron chi connectivity index (χ4n) is 2.24. The summed E-state index contributed by atoms with van der Waals surface area (Å²) >= 11 is 0. The molecule has 174 valence electrons. The van der Waals surface area contributed by atoms with Crippen LogP contribution in [-0.2, 0) is 27.7 Å². The maximum absolute atomic E-state index is 14.3. The molecule has 0 aromatic heterocycles. The molecule has 0 saturated heterocycles. The molecule has 1 rings (SSSR count). The number of nitrogens with zero attached hydrogens (tertiary/aromatic N) is 1. The van der Waals surface area contributed by atoms with E-state index in [0.717, 1.165) is 0 Å². The minimum Gasteiger partial charge on any atom is -0.455 e. The van der Waals surface area contributed by atoms with Gasteiger partial charge >= 0.3 is 8.80 Å². The molecule has 0 amide bonds. The number of benzene rings is 1. The summed E-state index contributed by atoms with van der Waals surface area (Å²) in [6.07, 6.45) is -0.780. The quantitative estimate of drug-likeness (QED) is 0.158.